The van der Waals surface area contributed by atoms with E-state index in [4.69, 9.17) is 0 Å². The molecule has 0 saturated carbocycles. The lowest BCUT2D eigenvalue weighted by Crippen LogP contribution is -2.09. The Morgan fingerprint density at radius 1 is 1.64 bits per heavy atom. The molecule has 0 spiro atoms. The number of nitrogens with zero attached hydrogens (tertiary/aromatic N) is 3. The summed E-state index contributed by atoms with van der Waals surface area (Å²) in [5.41, 5.74) is 0. The molecule has 0 unspecified atom stereocenters. The van der Waals surface area contributed by atoms with Gasteiger partial charge in [-0.1, -0.05) is 6.92 Å². The zero-order chi connectivity index (χ0) is 8.10. The molecule has 0 saturated heterocycles. The van der Waals surface area contributed by atoms with Crippen LogP contribution in [0.4, 0.5) is 0 Å². The van der Waals surface area contributed by atoms with Crippen LogP contribution >= 0.6 is 0 Å². The van der Waals surface area contributed by atoms with Crippen molar-refractivity contribution in [2.75, 3.05) is 0 Å². The average Bonchev–Trinajstić information content (AvgIpc) is 2.40. The maximum atomic E-state index is 11.0. The van der Waals surface area contributed by atoms with Gasteiger partial charge in [0.2, 0.25) is 0 Å². The summed E-state index contributed by atoms with van der Waals surface area (Å²) in [4.78, 5) is 14.8. The second-order valence-corrected chi connectivity index (χ2v) is 2.38. The van der Waals surface area contributed by atoms with Gasteiger partial charge in [0, 0.05) is 6.42 Å². The van der Waals surface area contributed by atoms with Gasteiger partial charge in [-0.2, -0.15) is 5.10 Å². The molecule has 0 N–H and O–H groups in total. The van der Waals surface area contributed by atoms with Crippen LogP contribution in [0.5, 0.6) is 0 Å². The van der Waals surface area contributed by atoms with Crippen LogP contribution in [-0.4, -0.2) is 20.5 Å². The molecule has 1 aromatic heterocycles. The monoisotopic (exact) mass is 153 g/mol. The zero-order valence-electron chi connectivity index (χ0n) is 6.53. The molecule has 11 heavy (non-hydrogen) atoms. The Bertz CT molecular complexity index is 218. The first-order chi connectivity index (χ1) is 5.33. The van der Waals surface area contributed by atoms with Gasteiger partial charge in [0.1, 0.15) is 19.2 Å². The number of carbonyl (C=O) groups excluding carboxylic acids is 1. The highest BCUT2D eigenvalue weighted by atomic mass is 16.1. The van der Waals surface area contributed by atoms with E-state index in [9.17, 15) is 4.79 Å². The molecule has 0 aliphatic carbocycles. The maximum Gasteiger partial charge on any atom is 0.154 e. The van der Waals surface area contributed by atoms with Gasteiger partial charge in [0.15, 0.2) is 5.78 Å². The molecule has 1 aromatic rings. The van der Waals surface area contributed by atoms with Gasteiger partial charge in [-0.15, -0.1) is 0 Å². The number of aromatic nitrogens is 3. The summed E-state index contributed by atoms with van der Waals surface area (Å²) in [6.45, 7) is 2.34. The quantitative estimate of drug-likeness (QED) is 0.638. The van der Waals surface area contributed by atoms with Gasteiger partial charge in [-0.05, 0) is 6.42 Å². The summed E-state index contributed by atoms with van der Waals surface area (Å²) >= 11 is 0. The maximum absolute atomic E-state index is 11.0. The highest BCUT2D eigenvalue weighted by molar-refractivity contribution is 5.77. The molecule has 60 valence electrons. The molecule has 0 atom stereocenters. The van der Waals surface area contributed by atoms with E-state index in [2.05, 4.69) is 10.1 Å². The van der Waals surface area contributed by atoms with Gasteiger partial charge in [-0.3, -0.25) is 4.79 Å². The SMILES string of the molecule is CCCC(=O)Cn1cncn1. The van der Waals surface area contributed by atoms with Crippen molar-refractivity contribution < 1.29 is 4.79 Å². The van der Waals surface area contributed by atoms with Crippen LogP contribution in [0.2, 0.25) is 0 Å². The fraction of sp³-hybridized carbons (Fsp3) is 0.571. The van der Waals surface area contributed by atoms with Crippen molar-refractivity contribution in [2.45, 2.75) is 26.3 Å². The van der Waals surface area contributed by atoms with E-state index in [1.165, 1.54) is 11.0 Å². The third kappa shape index (κ3) is 2.49. The molecule has 0 aliphatic heterocycles. The normalized spacial score (nSPS) is 9.91. The van der Waals surface area contributed by atoms with E-state index in [0.29, 0.717) is 13.0 Å². The minimum Gasteiger partial charge on any atom is -0.298 e. The number of hydrogen-bond donors (Lipinski definition) is 0. The first-order valence-corrected chi connectivity index (χ1v) is 3.67. The fourth-order valence-electron chi connectivity index (χ4n) is 0.853. The van der Waals surface area contributed by atoms with Crippen LogP contribution in [0.15, 0.2) is 12.7 Å². The Morgan fingerprint density at radius 3 is 3.00 bits per heavy atom. The van der Waals surface area contributed by atoms with Crippen molar-refractivity contribution in [1.29, 1.82) is 0 Å². The van der Waals surface area contributed by atoms with E-state index in [0.717, 1.165) is 6.42 Å². The molecule has 4 nitrogen and oxygen atoms in total. The van der Waals surface area contributed by atoms with Crippen LogP contribution in [0, 0.1) is 0 Å². The lowest BCUT2D eigenvalue weighted by Gasteiger charge is -1.96. The van der Waals surface area contributed by atoms with Crippen molar-refractivity contribution >= 4 is 5.78 Å². The van der Waals surface area contributed by atoms with Crippen molar-refractivity contribution in [3.63, 3.8) is 0 Å². The molecule has 0 aliphatic rings. The predicted octanol–water partition coefficient (Wildman–Crippen LogP) is 0.647. The molecule has 0 bridgehead atoms. The van der Waals surface area contributed by atoms with Gasteiger partial charge >= 0.3 is 0 Å². The highest BCUT2D eigenvalue weighted by Gasteiger charge is 2.00. The Hall–Kier alpha value is -1.19. The molecule has 0 amide bonds. The summed E-state index contributed by atoms with van der Waals surface area (Å²) in [5, 5.41) is 3.82. The average molecular weight is 153 g/mol. The minimum absolute atomic E-state index is 0.206. The molecular weight excluding hydrogens is 142 g/mol. The van der Waals surface area contributed by atoms with Gasteiger partial charge < -0.3 is 0 Å². The zero-order valence-corrected chi connectivity index (χ0v) is 6.53. The van der Waals surface area contributed by atoms with Gasteiger partial charge in [0.25, 0.3) is 0 Å². The van der Waals surface area contributed by atoms with E-state index < -0.39 is 0 Å². The molecule has 1 rings (SSSR count). The number of carbonyl (C=O) groups is 1. The van der Waals surface area contributed by atoms with E-state index in [1.807, 2.05) is 6.92 Å². The van der Waals surface area contributed by atoms with Gasteiger partial charge in [0.05, 0.1) is 0 Å². The van der Waals surface area contributed by atoms with Crippen LogP contribution < -0.4 is 0 Å². The Morgan fingerprint density at radius 2 is 2.45 bits per heavy atom. The summed E-state index contributed by atoms with van der Waals surface area (Å²) in [6.07, 6.45) is 4.50. The summed E-state index contributed by atoms with van der Waals surface area (Å²) < 4.78 is 1.54. The van der Waals surface area contributed by atoms with Crippen molar-refractivity contribution in [3.05, 3.63) is 12.7 Å². The van der Waals surface area contributed by atoms with Gasteiger partial charge in [-0.25, -0.2) is 9.67 Å². The molecule has 4 heteroatoms. The molecule has 0 fully saturated rings. The molecule has 0 aromatic carbocycles. The molecular formula is C7H11N3O. The number of Topliss-reactive ketones (excluding diaryl/α,β-unsaturated/α-hetero) is 1. The fourth-order valence-corrected chi connectivity index (χ4v) is 0.853. The van der Waals surface area contributed by atoms with Crippen molar-refractivity contribution in [1.82, 2.24) is 14.8 Å². The van der Waals surface area contributed by atoms with Crippen LogP contribution in [0.25, 0.3) is 0 Å². The summed E-state index contributed by atoms with van der Waals surface area (Å²) in [6, 6.07) is 0. The second kappa shape index (κ2) is 3.85. The third-order valence-corrected chi connectivity index (χ3v) is 1.33. The Balaban J connectivity index is 2.37. The highest BCUT2D eigenvalue weighted by Crippen LogP contribution is 1.91. The smallest absolute Gasteiger partial charge is 0.154 e. The molecule has 0 radical (unpaired) electrons. The number of hydrogen-bond acceptors (Lipinski definition) is 3. The van der Waals surface area contributed by atoms with Crippen LogP contribution in [0.3, 0.4) is 0 Å². The minimum atomic E-state index is 0.206. The van der Waals surface area contributed by atoms with E-state index >= 15 is 0 Å². The lowest BCUT2D eigenvalue weighted by atomic mass is 10.2. The standard InChI is InChI=1S/C7H11N3O/c1-2-3-7(11)4-10-6-8-5-9-10/h5-6H,2-4H2,1H3. The van der Waals surface area contributed by atoms with Crippen molar-refractivity contribution in [2.24, 2.45) is 0 Å². The summed E-state index contributed by atoms with van der Waals surface area (Å²) in [7, 11) is 0. The molecule has 1 heterocycles. The number of rotatable bonds is 4. The van der Waals surface area contributed by atoms with E-state index in [-0.39, 0.29) is 5.78 Å². The second-order valence-electron chi connectivity index (χ2n) is 2.38. The van der Waals surface area contributed by atoms with Crippen LogP contribution in [0.1, 0.15) is 19.8 Å². The van der Waals surface area contributed by atoms with Crippen LogP contribution in [-0.2, 0) is 11.3 Å². The topological polar surface area (TPSA) is 47.8 Å². The lowest BCUT2D eigenvalue weighted by molar-refractivity contribution is -0.119. The predicted molar refractivity (Wildman–Crippen MR) is 39.9 cm³/mol. The first kappa shape index (κ1) is 7.91. The van der Waals surface area contributed by atoms with Crippen molar-refractivity contribution in [3.8, 4) is 0 Å². The Kier molecular flexibility index (Phi) is 2.77. The first-order valence-electron chi connectivity index (χ1n) is 3.67. The Labute approximate surface area is 65.2 Å². The summed E-state index contributed by atoms with van der Waals surface area (Å²) in [5.74, 6) is 0.206. The van der Waals surface area contributed by atoms with E-state index in [1.54, 1.807) is 6.33 Å². The number of ketones is 1. The largest absolute Gasteiger partial charge is 0.298 e. The third-order valence-electron chi connectivity index (χ3n) is 1.33.